The van der Waals surface area contributed by atoms with E-state index in [1.54, 1.807) is 0 Å². The molecule has 0 aliphatic carbocycles. The smallest absolute Gasteiger partial charge is 0.325 e. The number of hydrogen-bond donors (Lipinski definition) is 3. The Hall–Kier alpha value is -1.86. The molecule has 15 nitrogen and oxygen atoms in total. The van der Waals surface area contributed by atoms with Crippen LogP contribution in [-0.4, -0.2) is 87.2 Å². The van der Waals surface area contributed by atoms with Gasteiger partial charge in [-0.05, 0) is 12.8 Å². The van der Waals surface area contributed by atoms with Crippen molar-refractivity contribution in [3.05, 3.63) is 0 Å². The molecule has 0 bridgehead atoms. The van der Waals surface area contributed by atoms with Gasteiger partial charge in [0.1, 0.15) is 0 Å². The maximum atomic E-state index is 10.7. The monoisotopic (exact) mass is 495 g/mol. The number of hydrogen-bond acceptors (Lipinski definition) is 13. The minimum Gasteiger partial charge on any atom is -0.463 e. The van der Waals surface area contributed by atoms with Crippen LogP contribution in [0.4, 0.5) is 0 Å². The van der Waals surface area contributed by atoms with Gasteiger partial charge in [0, 0.05) is 6.42 Å². The molecule has 0 saturated heterocycles. The Morgan fingerprint density at radius 2 is 1.03 bits per heavy atom. The lowest BCUT2D eigenvalue weighted by Crippen LogP contribution is -2.13. The van der Waals surface area contributed by atoms with Gasteiger partial charge in [0.15, 0.2) is 0 Å². The maximum absolute atomic E-state index is 10.7. The second kappa shape index (κ2) is 12.7. The highest BCUT2D eigenvalue weighted by molar-refractivity contribution is 7.86. The molecule has 18 heteroatoms. The molecule has 2 N–H and O–H groups in total. The fourth-order valence-electron chi connectivity index (χ4n) is 1.69. The van der Waals surface area contributed by atoms with Gasteiger partial charge in [-0.15, -0.1) is 15.0 Å². The third-order valence-electron chi connectivity index (χ3n) is 2.85. The normalized spacial score (nSPS) is 12.1. The zero-order valence-corrected chi connectivity index (χ0v) is 18.0. The van der Waals surface area contributed by atoms with Gasteiger partial charge in [-0.1, -0.05) is 0 Å². The number of nitrogens with zero attached hydrogens (tertiary/aromatic N) is 3. The van der Waals surface area contributed by atoms with Crippen molar-refractivity contribution in [3.63, 3.8) is 0 Å². The molecular weight excluding hydrogens is 474 g/mol. The zero-order valence-electron chi connectivity index (χ0n) is 15.4. The standard InChI is InChI=1S/C12H21N3O12S3/c16-28(17)27-7-1-4-24-10-13-11(25-5-2-8-29(18,19)20)15-12(14-10)26-6-3-9-30(21,22)23/h28H,1-9H2,(H,18,19,20)(H,21,22,23). The summed E-state index contributed by atoms with van der Waals surface area (Å²) in [7, 11) is -11.3. The second-order valence-electron chi connectivity index (χ2n) is 5.42. The first-order chi connectivity index (χ1) is 13.9. The van der Waals surface area contributed by atoms with E-state index in [9.17, 15) is 25.3 Å². The largest absolute Gasteiger partial charge is 0.463 e. The zero-order chi connectivity index (χ0) is 22.6. The molecule has 0 aliphatic heterocycles. The van der Waals surface area contributed by atoms with E-state index in [0.717, 1.165) is 0 Å². The molecule has 30 heavy (non-hydrogen) atoms. The van der Waals surface area contributed by atoms with Gasteiger partial charge >= 0.3 is 18.0 Å². The lowest BCUT2D eigenvalue weighted by molar-refractivity contribution is 0.220. The highest BCUT2D eigenvalue weighted by atomic mass is 32.2. The molecule has 0 unspecified atom stereocenters. The third kappa shape index (κ3) is 14.2. The lowest BCUT2D eigenvalue weighted by Gasteiger charge is -2.09. The summed E-state index contributed by atoms with van der Waals surface area (Å²) in [5.41, 5.74) is 0. The minimum absolute atomic E-state index is 0.0302. The Balaban J connectivity index is 2.68. The van der Waals surface area contributed by atoms with Crippen LogP contribution in [0.25, 0.3) is 0 Å². The van der Waals surface area contributed by atoms with Crippen LogP contribution in [0.2, 0.25) is 0 Å². The van der Waals surface area contributed by atoms with Crippen LogP contribution in [0.15, 0.2) is 0 Å². The summed E-state index contributed by atoms with van der Waals surface area (Å²) >= 11 is 0. The summed E-state index contributed by atoms with van der Waals surface area (Å²) in [4.78, 5) is 11.4. The van der Waals surface area contributed by atoms with Crippen LogP contribution < -0.4 is 14.2 Å². The molecule has 0 atom stereocenters. The summed E-state index contributed by atoms with van der Waals surface area (Å²) in [5, 5.41) is 0. The van der Waals surface area contributed by atoms with E-state index in [1.807, 2.05) is 0 Å². The summed E-state index contributed by atoms with van der Waals surface area (Å²) in [6, 6.07) is -0.843. The highest BCUT2D eigenvalue weighted by Crippen LogP contribution is 2.15. The molecular formula is C12H21N3O12S3. The molecule has 0 spiro atoms. The average molecular weight is 496 g/mol. The van der Waals surface area contributed by atoms with E-state index in [-0.39, 0.29) is 63.7 Å². The molecule has 0 aliphatic rings. The fourth-order valence-corrected chi connectivity index (χ4v) is 2.93. The molecule has 0 radical (unpaired) electrons. The Labute approximate surface area is 174 Å². The van der Waals surface area contributed by atoms with Gasteiger partial charge < -0.3 is 14.2 Å². The van der Waals surface area contributed by atoms with Crippen molar-refractivity contribution in [2.75, 3.05) is 37.9 Å². The molecule has 1 aromatic rings. The summed E-state index contributed by atoms with van der Waals surface area (Å²) in [5.74, 6) is -1.08. The fraction of sp³-hybridized carbons (Fsp3) is 0.750. The first-order valence-corrected chi connectivity index (χ1v) is 12.6. The van der Waals surface area contributed by atoms with E-state index in [2.05, 4.69) is 19.1 Å². The van der Waals surface area contributed by atoms with E-state index in [4.69, 9.17) is 23.3 Å². The van der Waals surface area contributed by atoms with Crippen LogP contribution >= 0.6 is 0 Å². The van der Waals surface area contributed by atoms with E-state index in [1.165, 1.54) is 0 Å². The number of aromatic nitrogens is 3. The maximum Gasteiger partial charge on any atom is 0.325 e. The van der Waals surface area contributed by atoms with E-state index in [0.29, 0.717) is 0 Å². The average Bonchev–Trinajstić information content (AvgIpc) is 2.60. The van der Waals surface area contributed by atoms with E-state index < -0.39 is 42.7 Å². The molecule has 0 fully saturated rings. The van der Waals surface area contributed by atoms with Gasteiger partial charge in [0.25, 0.3) is 31.2 Å². The van der Waals surface area contributed by atoms with Crippen molar-refractivity contribution in [3.8, 4) is 18.0 Å². The predicted octanol–water partition coefficient (Wildman–Crippen LogP) is -1.50. The van der Waals surface area contributed by atoms with Gasteiger partial charge in [-0.3, -0.25) is 13.3 Å². The third-order valence-corrected chi connectivity index (χ3v) is 4.85. The number of ether oxygens (including phenoxy) is 3. The van der Waals surface area contributed by atoms with Crippen molar-refractivity contribution in [2.24, 2.45) is 0 Å². The molecule has 1 aromatic heterocycles. The summed E-state index contributed by atoms with van der Waals surface area (Å²) in [6.45, 7) is -0.495. The molecule has 0 amide bonds. The van der Waals surface area contributed by atoms with Crippen LogP contribution in [0.1, 0.15) is 19.3 Å². The van der Waals surface area contributed by atoms with Gasteiger partial charge in [0.2, 0.25) is 0 Å². The Morgan fingerprint density at radius 1 is 0.667 bits per heavy atom. The van der Waals surface area contributed by atoms with Crippen LogP contribution in [0.3, 0.4) is 0 Å². The Morgan fingerprint density at radius 3 is 1.37 bits per heavy atom. The first kappa shape index (κ1) is 26.2. The molecule has 174 valence electrons. The molecule has 1 heterocycles. The minimum atomic E-state index is -4.15. The second-order valence-corrected chi connectivity index (χ2v) is 9.27. The molecule has 0 aromatic carbocycles. The van der Waals surface area contributed by atoms with Gasteiger partial charge in [0.05, 0.1) is 37.9 Å². The lowest BCUT2D eigenvalue weighted by atomic mass is 10.5. The SMILES string of the molecule is O=[SH](=O)OCCCOc1nc(OCCCS(=O)(=O)O)nc(OCCCS(=O)(=O)O)n1. The summed E-state index contributed by atoms with van der Waals surface area (Å²) < 4.78 is 101. The first-order valence-electron chi connectivity index (χ1n) is 8.27. The van der Waals surface area contributed by atoms with Crippen molar-refractivity contribution < 1.29 is 52.8 Å². The van der Waals surface area contributed by atoms with Crippen LogP contribution in [0.5, 0.6) is 18.0 Å². The van der Waals surface area contributed by atoms with E-state index >= 15 is 0 Å². The van der Waals surface area contributed by atoms with Crippen molar-refractivity contribution in [1.82, 2.24) is 15.0 Å². The quantitative estimate of drug-likeness (QED) is 0.135. The number of thiol groups is 1. The number of rotatable bonds is 16. The van der Waals surface area contributed by atoms with Gasteiger partial charge in [-0.25, -0.2) is 8.42 Å². The topological polar surface area (TPSA) is 218 Å². The molecule has 1 rings (SSSR count). The predicted molar refractivity (Wildman–Crippen MR) is 99.3 cm³/mol. The summed E-state index contributed by atoms with van der Waals surface area (Å²) in [6.07, 6.45) is 0.0655. The van der Waals surface area contributed by atoms with Crippen LogP contribution in [-0.2, 0) is 35.4 Å². The van der Waals surface area contributed by atoms with Crippen LogP contribution in [0, 0.1) is 0 Å². The van der Waals surface area contributed by atoms with Crippen molar-refractivity contribution in [2.45, 2.75) is 19.3 Å². The van der Waals surface area contributed by atoms with Crippen molar-refractivity contribution >= 4 is 31.2 Å². The Kier molecular flexibility index (Phi) is 11.1. The van der Waals surface area contributed by atoms with Crippen molar-refractivity contribution in [1.29, 1.82) is 0 Å². The highest BCUT2D eigenvalue weighted by Gasteiger charge is 2.12. The Bertz CT molecular complexity index is 882. The molecule has 0 saturated carbocycles. The van der Waals surface area contributed by atoms with Gasteiger partial charge in [-0.2, -0.15) is 16.8 Å².